The number of hydrogen-bond donors (Lipinski definition) is 1. The minimum atomic E-state index is -0.332. The Bertz CT molecular complexity index is 598. The molecule has 1 aliphatic heterocycles. The molecule has 0 radical (unpaired) electrons. The molecule has 4 bridgehead atoms. The van der Waals surface area contributed by atoms with E-state index >= 15 is 0 Å². The van der Waals surface area contributed by atoms with Gasteiger partial charge in [0.1, 0.15) is 0 Å². The summed E-state index contributed by atoms with van der Waals surface area (Å²) in [6.07, 6.45) is 8.62. The Balaban J connectivity index is 1.64. The second kappa shape index (κ2) is 4.22. The summed E-state index contributed by atoms with van der Waals surface area (Å²) in [7, 11) is 0. The maximum atomic E-state index is 12.5. The first kappa shape index (κ1) is 14.5. The molecular weight excluding hydrogens is 288 g/mol. The fourth-order valence-electron chi connectivity index (χ4n) is 7.84. The predicted molar refractivity (Wildman–Crippen MR) is 86.5 cm³/mol. The van der Waals surface area contributed by atoms with Crippen LogP contribution in [0.3, 0.4) is 0 Å². The Hall–Kier alpha value is -0.830. The fraction of sp³-hybridized carbons (Fsp3) is 0.850. The molecule has 126 valence electrons. The normalized spacial score (nSPS) is 57.5. The molecule has 0 unspecified atom stereocenters. The van der Waals surface area contributed by atoms with Gasteiger partial charge in [0.2, 0.25) is 0 Å². The molecule has 0 aromatic carbocycles. The van der Waals surface area contributed by atoms with Crippen molar-refractivity contribution in [3.05, 3.63) is 12.2 Å². The van der Waals surface area contributed by atoms with Gasteiger partial charge >= 0.3 is 5.97 Å². The number of carbonyl (C=O) groups is 1. The van der Waals surface area contributed by atoms with Gasteiger partial charge in [-0.2, -0.15) is 0 Å². The molecule has 5 aliphatic carbocycles. The van der Waals surface area contributed by atoms with Crippen LogP contribution in [-0.2, 0) is 9.53 Å². The van der Waals surface area contributed by atoms with Crippen LogP contribution in [0.1, 0.15) is 58.3 Å². The van der Waals surface area contributed by atoms with Crippen LogP contribution in [0.25, 0.3) is 0 Å². The lowest BCUT2D eigenvalue weighted by Gasteiger charge is -2.70. The highest BCUT2D eigenvalue weighted by atomic mass is 16.5. The molecule has 1 spiro atoms. The second-order valence-electron chi connectivity index (χ2n) is 9.41. The summed E-state index contributed by atoms with van der Waals surface area (Å²) in [5.74, 6) is 1.50. The molecule has 6 aliphatic rings. The van der Waals surface area contributed by atoms with E-state index in [-0.39, 0.29) is 28.3 Å². The molecular formula is C20H28O3. The SMILES string of the molecule is C=C1[C@H]2CC[C@@]3(CC[C@@H]4[C@@]5(CCC[C@]4(C)C(=O)OC5)[C@H]3C2)[C@H]1O. The number of aliphatic hydroxyl groups is 1. The van der Waals surface area contributed by atoms with Crippen LogP contribution in [0.4, 0.5) is 0 Å². The van der Waals surface area contributed by atoms with Crippen LogP contribution in [0.5, 0.6) is 0 Å². The summed E-state index contributed by atoms with van der Waals surface area (Å²) in [6, 6.07) is 0. The lowest BCUT2D eigenvalue weighted by molar-refractivity contribution is -0.255. The predicted octanol–water partition coefficient (Wildman–Crippen LogP) is 3.46. The van der Waals surface area contributed by atoms with Gasteiger partial charge in [0.25, 0.3) is 0 Å². The van der Waals surface area contributed by atoms with Crippen molar-refractivity contribution in [3.63, 3.8) is 0 Å². The Morgan fingerprint density at radius 3 is 2.74 bits per heavy atom. The average molecular weight is 316 g/mol. The minimum absolute atomic E-state index is 0.0182. The molecule has 23 heavy (non-hydrogen) atoms. The number of aliphatic hydroxyl groups excluding tert-OH is 1. The summed E-state index contributed by atoms with van der Waals surface area (Å²) < 4.78 is 5.78. The number of rotatable bonds is 0. The first-order valence-electron chi connectivity index (χ1n) is 9.48. The van der Waals surface area contributed by atoms with Gasteiger partial charge in [-0.1, -0.05) is 13.0 Å². The molecule has 7 atom stereocenters. The largest absolute Gasteiger partial charge is 0.465 e. The standard InChI is InChI=1S/C20H28O3/c1-12-13-4-8-19(16(12)21)9-5-14-18(2)6-3-7-20(14,15(19)10-13)11-23-17(18)22/h13-16,21H,1,3-11H2,2H3/t13-,14-,15-,16-,18-,19-,20-/m0/s1. The maximum Gasteiger partial charge on any atom is 0.312 e. The van der Waals surface area contributed by atoms with Crippen molar-refractivity contribution in [2.24, 2.45) is 34.0 Å². The van der Waals surface area contributed by atoms with Crippen LogP contribution in [0.2, 0.25) is 0 Å². The van der Waals surface area contributed by atoms with E-state index in [9.17, 15) is 9.90 Å². The smallest absolute Gasteiger partial charge is 0.312 e. The zero-order valence-electron chi connectivity index (χ0n) is 14.1. The van der Waals surface area contributed by atoms with Crippen molar-refractivity contribution >= 4 is 5.97 Å². The Labute approximate surface area is 138 Å². The Kier molecular flexibility index (Phi) is 2.66. The molecule has 6 fully saturated rings. The van der Waals surface area contributed by atoms with Gasteiger partial charge in [-0.15, -0.1) is 0 Å². The van der Waals surface area contributed by atoms with E-state index in [1.54, 1.807) is 0 Å². The van der Waals surface area contributed by atoms with Crippen LogP contribution in [-0.4, -0.2) is 23.8 Å². The zero-order chi connectivity index (χ0) is 16.0. The number of carbonyl (C=O) groups excluding carboxylic acids is 1. The van der Waals surface area contributed by atoms with Gasteiger partial charge in [-0.05, 0) is 75.2 Å². The second-order valence-corrected chi connectivity index (χ2v) is 9.41. The number of cyclic esters (lactones) is 1. The van der Waals surface area contributed by atoms with E-state index in [2.05, 4.69) is 13.5 Å². The molecule has 3 heteroatoms. The fourth-order valence-corrected chi connectivity index (χ4v) is 7.84. The Morgan fingerprint density at radius 2 is 1.91 bits per heavy atom. The van der Waals surface area contributed by atoms with Crippen LogP contribution in [0, 0.1) is 34.0 Å². The van der Waals surface area contributed by atoms with Crippen molar-refractivity contribution in [2.45, 2.75) is 64.4 Å². The van der Waals surface area contributed by atoms with Crippen molar-refractivity contribution < 1.29 is 14.6 Å². The molecule has 1 heterocycles. The summed E-state index contributed by atoms with van der Waals surface area (Å²) in [6.45, 7) is 6.99. The maximum absolute atomic E-state index is 12.5. The molecule has 1 saturated heterocycles. The number of hydrogen-bond acceptors (Lipinski definition) is 3. The lowest BCUT2D eigenvalue weighted by atomic mass is 9.35. The van der Waals surface area contributed by atoms with Gasteiger partial charge in [-0.25, -0.2) is 0 Å². The molecule has 3 nitrogen and oxygen atoms in total. The van der Waals surface area contributed by atoms with Gasteiger partial charge in [-0.3, -0.25) is 4.79 Å². The summed E-state index contributed by atoms with van der Waals surface area (Å²) in [5.41, 5.74) is 0.953. The van der Waals surface area contributed by atoms with E-state index in [4.69, 9.17) is 4.74 Å². The third kappa shape index (κ3) is 1.45. The third-order valence-electron chi connectivity index (χ3n) is 8.92. The molecule has 0 aromatic heterocycles. The van der Waals surface area contributed by atoms with E-state index < -0.39 is 0 Å². The highest BCUT2D eigenvalue weighted by molar-refractivity contribution is 5.78. The molecule has 1 N–H and O–H groups in total. The molecule has 0 amide bonds. The van der Waals surface area contributed by atoms with Crippen molar-refractivity contribution in [2.75, 3.05) is 6.61 Å². The first-order valence-corrected chi connectivity index (χ1v) is 9.48. The van der Waals surface area contributed by atoms with E-state index in [1.165, 1.54) is 19.3 Å². The van der Waals surface area contributed by atoms with Crippen molar-refractivity contribution in [1.82, 2.24) is 0 Å². The van der Waals surface area contributed by atoms with E-state index in [0.717, 1.165) is 37.7 Å². The summed E-state index contributed by atoms with van der Waals surface area (Å²) in [4.78, 5) is 12.5. The average Bonchev–Trinajstić information content (AvgIpc) is 2.55. The third-order valence-corrected chi connectivity index (χ3v) is 8.92. The molecule has 0 aromatic rings. The monoisotopic (exact) mass is 316 g/mol. The van der Waals surface area contributed by atoms with Gasteiger partial charge in [0, 0.05) is 10.8 Å². The first-order chi connectivity index (χ1) is 10.9. The zero-order valence-corrected chi connectivity index (χ0v) is 14.1. The number of fused-ring (bicyclic) bond motifs is 2. The quantitative estimate of drug-likeness (QED) is 0.550. The van der Waals surface area contributed by atoms with Gasteiger partial charge < -0.3 is 9.84 Å². The highest BCUT2D eigenvalue weighted by Gasteiger charge is 2.71. The van der Waals surface area contributed by atoms with Crippen molar-refractivity contribution in [1.29, 1.82) is 0 Å². The van der Waals surface area contributed by atoms with Crippen LogP contribution >= 0.6 is 0 Å². The molecule has 6 rings (SSSR count). The molecule has 5 saturated carbocycles. The van der Waals surface area contributed by atoms with E-state index in [0.29, 0.717) is 24.4 Å². The van der Waals surface area contributed by atoms with Gasteiger partial charge in [0.05, 0.1) is 18.1 Å². The minimum Gasteiger partial charge on any atom is -0.465 e. The number of esters is 1. The highest BCUT2D eigenvalue weighted by Crippen LogP contribution is 2.73. The lowest BCUT2D eigenvalue weighted by Crippen LogP contribution is -2.69. The topological polar surface area (TPSA) is 46.5 Å². The summed E-state index contributed by atoms with van der Waals surface area (Å²) in [5, 5.41) is 11.0. The van der Waals surface area contributed by atoms with Crippen LogP contribution in [0.15, 0.2) is 12.2 Å². The number of ether oxygens (including phenoxy) is 1. The Morgan fingerprint density at radius 1 is 1.13 bits per heavy atom. The van der Waals surface area contributed by atoms with E-state index in [1.807, 2.05) is 0 Å². The van der Waals surface area contributed by atoms with Crippen molar-refractivity contribution in [3.8, 4) is 0 Å². The van der Waals surface area contributed by atoms with Gasteiger partial charge in [0.15, 0.2) is 0 Å². The summed E-state index contributed by atoms with van der Waals surface area (Å²) >= 11 is 0. The van der Waals surface area contributed by atoms with Crippen LogP contribution < -0.4 is 0 Å².